The van der Waals surface area contributed by atoms with Gasteiger partial charge in [0, 0.05) is 0 Å². The number of amides is 1. The third-order valence-electron chi connectivity index (χ3n) is 3.49. The van der Waals surface area contributed by atoms with Gasteiger partial charge in [0.25, 0.3) is 5.91 Å². The molecule has 5 nitrogen and oxygen atoms in total. The molecule has 0 saturated heterocycles. The van der Waals surface area contributed by atoms with Gasteiger partial charge in [-0.15, -0.1) is 5.53 Å². The summed E-state index contributed by atoms with van der Waals surface area (Å²) in [5, 5.41) is 0. The lowest BCUT2D eigenvalue weighted by molar-refractivity contribution is 0.0931. The highest BCUT2D eigenvalue weighted by atomic mass is 16.2. The lowest BCUT2D eigenvalue weighted by Crippen LogP contribution is -2.45. The van der Waals surface area contributed by atoms with Gasteiger partial charge in [-0.05, 0) is 36.5 Å². The van der Waals surface area contributed by atoms with Crippen LogP contribution in [0.1, 0.15) is 61.4 Å². The molecule has 1 aromatic carbocycles. The Hall–Kier alpha value is -1.59. The molecule has 0 spiro atoms. The maximum atomic E-state index is 11.6. The summed E-state index contributed by atoms with van der Waals surface area (Å²) in [6, 6.07) is 6.13. The molecule has 0 unspecified atom stereocenters. The van der Waals surface area contributed by atoms with Gasteiger partial charge in [0.05, 0.1) is 11.3 Å². The third-order valence-corrected chi connectivity index (χ3v) is 3.49. The van der Waals surface area contributed by atoms with Gasteiger partial charge in [-0.2, -0.15) is 0 Å². The Morgan fingerprint density at radius 1 is 1.11 bits per heavy atom. The molecule has 0 aromatic heterocycles. The Morgan fingerprint density at radius 3 is 2.47 bits per heavy atom. The zero-order chi connectivity index (χ0) is 13.0. The van der Waals surface area contributed by atoms with Crippen LogP contribution in [0.2, 0.25) is 0 Å². The normalized spacial score (nSPS) is 17.3. The Morgan fingerprint density at radius 2 is 1.79 bits per heavy atom. The smallest absolute Gasteiger partial charge is 0.268 e. The van der Waals surface area contributed by atoms with E-state index in [1.54, 1.807) is 0 Å². The van der Waals surface area contributed by atoms with Gasteiger partial charge in [-0.3, -0.25) is 10.2 Å². The van der Waals surface area contributed by atoms with Gasteiger partial charge in [0.15, 0.2) is 0 Å². The molecule has 5 heteroatoms. The van der Waals surface area contributed by atoms with Gasteiger partial charge in [0.2, 0.25) is 0 Å². The molecule has 6 N–H and O–H groups in total. The van der Waals surface area contributed by atoms with Crippen molar-refractivity contribution in [2.75, 3.05) is 5.43 Å². The van der Waals surface area contributed by atoms with Crippen LogP contribution in [0.4, 0.5) is 5.69 Å². The van der Waals surface area contributed by atoms with Crippen molar-refractivity contribution < 1.29 is 4.79 Å². The van der Waals surface area contributed by atoms with Crippen molar-refractivity contribution in [1.29, 1.82) is 0 Å². The van der Waals surface area contributed by atoms with Crippen molar-refractivity contribution >= 4 is 11.6 Å². The van der Waals surface area contributed by atoms with E-state index in [1.165, 1.54) is 31.2 Å². The van der Waals surface area contributed by atoms with Crippen molar-refractivity contribution in [2.24, 2.45) is 0 Å². The predicted octanol–water partition coefficient (Wildman–Crippen LogP) is 3.11. The van der Waals surface area contributed by atoms with Crippen molar-refractivity contribution in [1.82, 2.24) is 17.1 Å². The fraction of sp³-hybridized carbons (Fsp3) is 0.500. The number of hydrogen-bond donors (Lipinski definition) is 4. The maximum Gasteiger partial charge on any atom is 0.268 e. The summed E-state index contributed by atoms with van der Waals surface area (Å²) in [5.41, 5.74) is 11.0. The van der Waals surface area contributed by atoms with E-state index in [4.69, 9.17) is 0 Å². The second-order valence-electron chi connectivity index (χ2n) is 4.49. The van der Waals surface area contributed by atoms with Crippen molar-refractivity contribution in [3.05, 3.63) is 29.3 Å². The first kappa shape index (κ1) is 15.5. The Balaban J connectivity index is 0.000000576. The number of carbonyl (C=O) groups excluding carboxylic acids is 1. The van der Waals surface area contributed by atoms with Gasteiger partial charge in [-0.25, -0.2) is 0 Å². The van der Waals surface area contributed by atoms with Gasteiger partial charge in [0.1, 0.15) is 0 Å². The summed E-state index contributed by atoms with van der Waals surface area (Å²) in [6.07, 6.45) is 5.14. The summed E-state index contributed by atoms with van der Waals surface area (Å²) < 4.78 is 0. The van der Waals surface area contributed by atoms with E-state index in [9.17, 15) is 4.79 Å². The van der Waals surface area contributed by atoms with Crippen LogP contribution < -0.4 is 22.5 Å². The molecule has 2 aliphatic rings. The number of nitrogens with one attached hydrogen (secondary N) is 3. The highest BCUT2D eigenvalue weighted by Crippen LogP contribution is 2.35. The van der Waals surface area contributed by atoms with E-state index in [-0.39, 0.29) is 12.1 Å². The van der Waals surface area contributed by atoms with Crippen LogP contribution >= 0.6 is 0 Å². The second-order valence-corrected chi connectivity index (χ2v) is 4.49. The lowest BCUT2D eigenvalue weighted by Gasteiger charge is -2.21. The summed E-state index contributed by atoms with van der Waals surface area (Å²) in [7, 11) is 0. The maximum absolute atomic E-state index is 11.6. The molecule has 19 heavy (non-hydrogen) atoms. The average Bonchev–Trinajstić information content (AvgIpc) is 2.95. The lowest BCUT2D eigenvalue weighted by atomic mass is 9.95. The Kier molecular flexibility index (Phi) is 5.79. The van der Waals surface area contributed by atoms with E-state index < -0.39 is 0 Å². The highest BCUT2D eigenvalue weighted by Gasteiger charge is 2.21. The standard InChI is InChI=1S/C12H15N3O.C2H6.H3N/c16-12-10-7-9(8-3-1-2-4-8)5-6-11(10)13-15-14-12;1-2;/h5-8,13,15H,1-4H2,(H,14,16);1-2H3;1H3. The van der Waals surface area contributed by atoms with Crippen LogP contribution in [-0.2, 0) is 0 Å². The van der Waals surface area contributed by atoms with Crippen LogP contribution in [0.3, 0.4) is 0 Å². The van der Waals surface area contributed by atoms with E-state index in [0.717, 1.165) is 11.3 Å². The van der Waals surface area contributed by atoms with Gasteiger partial charge < -0.3 is 11.6 Å². The minimum atomic E-state index is -0.0615. The predicted molar refractivity (Wildman–Crippen MR) is 78.2 cm³/mol. The van der Waals surface area contributed by atoms with Gasteiger partial charge >= 0.3 is 0 Å². The quantitative estimate of drug-likeness (QED) is 0.627. The number of benzene rings is 1. The zero-order valence-corrected chi connectivity index (χ0v) is 11.8. The van der Waals surface area contributed by atoms with Crippen LogP contribution in [0, 0.1) is 0 Å². The molecule has 1 aliphatic carbocycles. The molecule has 1 saturated carbocycles. The zero-order valence-electron chi connectivity index (χ0n) is 11.8. The van der Waals surface area contributed by atoms with E-state index in [1.807, 2.05) is 26.0 Å². The summed E-state index contributed by atoms with van der Waals surface area (Å²) in [6.45, 7) is 4.00. The minimum Gasteiger partial charge on any atom is -0.344 e. The molecular formula is C14H24N4O. The molecule has 1 heterocycles. The van der Waals surface area contributed by atoms with E-state index >= 15 is 0 Å². The Bertz CT molecular complexity index is 427. The molecule has 1 aliphatic heterocycles. The Labute approximate surface area is 114 Å². The molecule has 1 amide bonds. The molecule has 0 radical (unpaired) electrons. The average molecular weight is 264 g/mol. The molecule has 1 fully saturated rings. The molecule has 106 valence electrons. The fourth-order valence-corrected chi connectivity index (χ4v) is 2.59. The van der Waals surface area contributed by atoms with Crippen LogP contribution in [-0.4, -0.2) is 5.91 Å². The van der Waals surface area contributed by atoms with E-state index in [0.29, 0.717) is 5.92 Å². The summed E-state index contributed by atoms with van der Waals surface area (Å²) in [4.78, 5) is 11.6. The number of fused-ring (bicyclic) bond motifs is 1. The second kappa shape index (κ2) is 7.11. The largest absolute Gasteiger partial charge is 0.344 e. The number of carbonyl (C=O) groups is 1. The first-order valence-corrected chi connectivity index (χ1v) is 6.80. The summed E-state index contributed by atoms with van der Waals surface area (Å²) >= 11 is 0. The number of rotatable bonds is 1. The minimum absolute atomic E-state index is 0. The van der Waals surface area contributed by atoms with Crippen LogP contribution in [0.25, 0.3) is 0 Å². The highest BCUT2D eigenvalue weighted by molar-refractivity contribution is 6.00. The molecule has 1 aromatic rings. The van der Waals surface area contributed by atoms with Crippen LogP contribution in [0.15, 0.2) is 18.2 Å². The topological polar surface area (TPSA) is 88.2 Å². The molecular weight excluding hydrogens is 240 g/mol. The monoisotopic (exact) mass is 264 g/mol. The fourth-order valence-electron chi connectivity index (χ4n) is 2.59. The van der Waals surface area contributed by atoms with Gasteiger partial charge in [-0.1, -0.05) is 32.8 Å². The van der Waals surface area contributed by atoms with Crippen molar-refractivity contribution in [3.63, 3.8) is 0 Å². The first-order valence-electron chi connectivity index (χ1n) is 6.80. The molecule has 0 bridgehead atoms. The van der Waals surface area contributed by atoms with Crippen LogP contribution in [0.5, 0.6) is 0 Å². The third kappa shape index (κ3) is 3.24. The summed E-state index contributed by atoms with van der Waals surface area (Å²) in [5.74, 6) is 0.585. The van der Waals surface area contributed by atoms with Crippen molar-refractivity contribution in [2.45, 2.75) is 45.4 Å². The van der Waals surface area contributed by atoms with Crippen molar-refractivity contribution in [3.8, 4) is 0 Å². The number of anilines is 1. The SMILES string of the molecule is CC.N.O=C1NNNc2ccc(C3CCCC3)cc21. The molecule has 0 atom stereocenters. The van der Waals surface area contributed by atoms with E-state index in [2.05, 4.69) is 22.5 Å². The molecule has 3 rings (SSSR count). The number of hydrazine groups is 2. The number of hydrogen-bond acceptors (Lipinski definition) is 4. The first-order chi connectivity index (χ1) is 8.84.